The van der Waals surface area contributed by atoms with Crippen LogP contribution in [0.15, 0.2) is 36.4 Å². The lowest BCUT2D eigenvalue weighted by atomic mass is 10.1. The molecule has 1 heterocycles. The SMILES string of the molecule is Cc1cc(Oc2ccccc2)c(C(=N)N)c(C)n1. The van der Waals surface area contributed by atoms with Gasteiger partial charge in [-0.15, -0.1) is 0 Å². The van der Waals surface area contributed by atoms with Gasteiger partial charge in [0.1, 0.15) is 17.3 Å². The maximum atomic E-state index is 7.61. The molecule has 0 atom stereocenters. The van der Waals surface area contributed by atoms with Crippen LogP contribution in [0.4, 0.5) is 0 Å². The smallest absolute Gasteiger partial charge is 0.141 e. The maximum absolute atomic E-state index is 7.61. The van der Waals surface area contributed by atoms with Crippen LogP contribution >= 0.6 is 0 Å². The zero-order valence-electron chi connectivity index (χ0n) is 10.4. The predicted molar refractivity (Wildman–Crippen MR) is 71.2 cm³/mol. The van der Waals surface area contributed by atoms with E-state index in [1.807, 2.05) is 44.2 Å². The van der Waals surface area contributed by atoms with E-state index in [2.05, 4.69) is 4.98 Å². The van der Waals surface area contributed by atoms with Gasteiger partial charge in [-0.25, -0.2) is 0 Å². The molecule has 0 bridgehead atoms. The number of aryl methyl sites for hydroxylation is 2. The molecule has 4 nitrogen and oxygen atoms in total. The maximum Gasteiger partial charge on any atom is 0.141 e. The molecule has 0 aliphatic carbocycles. The number of aromatic nitrogens is 1. The number of hydrogen-bond donors (Lipinski definition) is 2. The average Bonchev–Trinajstić information content (AvgIpc) is 2.28. The fourth-order valence-corrected chi connectivity index (χ4v) is 1.82. The lowest BCUT2D eigenvalue weighted by Gasteiger charge is -2.13. The summed E-state index contributed by atoms with van der Waals surface area (Å²) in [7, 11) is 0. The molecular weight excluding hydrogens is 226 g/mol. The van der Waals surface area contributed by atoms with Gasteiger partial charge in [-0.05, 0) is 26.0 Å². The number of pyridine rings is 1. The van der Waals surface area contributed by atoms with E-state index in [0.29, 0.717) is 22.8 Å². The second-order valence-electron chi connectivity index (χ2n) is 4.05. The number of nitrogens with one attached hydrogen (secondary N) is 1. The minimum atomic E-state index is -0.0362. The fraction of sp³-hybridized carbons (Fsp3) is 0.143. The summed E-state index contributed by atoms with van der Waals surface area (Å²) in [5.41, 5.74) is 7.67. The van der Waals surface area contributed by atoms with Crippen molar-refractivity contribution in [3.8, 4) is 11.5 Å². The number of ether oxygens (including phenoxy) is 1. The van der Waals surface area contributed by atoms with Crippen molar-refractivity contribution >= 4 is 5.84 Å². The Hall–Kier alpha value is -2.36. The number of para-hydroxylation sites is 1. The van der Waals surface area contributed by atoms with Crippen LogP contribution in [0.1, 0.15) is 17.0 Å². The van der Waals surface area contributed by atoms with Crippen molar-refractivity contribution in [1.29, 1.82) is 5.41 Å². The van der Waals surface area contributed by atoms with Crippen molar-refractivity contribution in [3.05, 3.63) is 53.3 Å². The summed E-state index contributed by atoms with van der Waals surface area (Å²) < 4.78 is 5.77. The first kappa shape index (κ1) is 12.1. The zero-order valence-corrected chi connectivity index (χ0v) is 10.4. The molecule has 0 aliphatic rings. The summed E-state index contributed by atoms with van der Waals surface area (Å²) in [6, 6.07) is 11.2. The van der Waals surface area contributed by atoms with E-state index in [-0.39, 0.29) is 5.84 Å². The molecule has 2 rings (SSSR count). The highest BCUT2D eigenvalue weighted by molar-refractivity contribution is 5.98. The van der Waals surface area contributed by atoms with E-state index in [9.17, 15) is 0 Å². The number of hydrogen-bond acceptors (Lipinski definition) is 3. The normalized spacial score (nSPS) is 10.1. The molecule has 0 unspecified atom stereocenters. The van der Waals surface area contributed by atoms with Gasteiger partial charge in [0.2, 0.25) is 0 Å². The van der Waals surface area contributed by atoms with E-state index in [0.717, 1.165) is 5.69 Å². The van der Waals surface area contributed by atoms with Gasteiger partial charge < -0.3 is 10.5 Å². The number of nitrogen functional groups attached to an aromatic ring is 1. The van der Waals surface area contributed by atoms with Gasteiger partial charge in [0.25, 0.3) is 0 Å². The molecule has 0 saturated heterocycles. The third-order valence-corrected chi connectivity index (χ3v) is 2.53. The van der Waals surface area contributed by atoms with Crippen molar-refractivity contribution in [2.24, 2.45) is 5.73 Å². The molecule has 1 aromatic carbocycles. The van der Waals surface area contributed by atoms with E-state index in [4.69, 9.17) is 15.9 Å². The van der Waals surface area contributed by atoms with Crippen LogP contribution in [-0.4, -0.2) is 10.8 Å². The largest absolute Gasteiger partial charge is 0.456 e. The van der Waals surface area contributed by atoms with Gasteiger partial charge in [-0.2, -0.15) is 0 Å². The number of rotatable bonds is 3. The van der Waals surface area contributed by atoms with Crippen LogP contribution in [0.2, 0.25) is 0 Å². The van der Waals surface area contributed by atoms with Crippen molar-refractivity contribution in [3.63, 3.8) is 0 Å². The highest BCUT2D eigenvalue weighted by Crippen LogP contribution is 2.27. The number of benzene rings is 1. The van der Waals surface area contributed by atoms with Gasteiger partial charge in [0.15, 0.2) is 0 Å². The third-order valence-electron chi connectivity index (χ3n) is 2.53. The zero-order chi connectivity index (χ0) is 13.1. The van der Waals surface area contributed by atoms with Crippen molar-refractivity contribution in [1.82, 2.24) is 4.98 Å². The Bertz CT molecular complexity index is 579. The molecule has 0 saturated carbocycles. The first-order chi connectivity index (χ1) is 8.58. The van der Waals surface area contributed by atoms with Gasteiger partial charge in [-0.1, -0.05) is 18.2 Å². The molecular formula is C14H15N3O. The van der Waals surface area contributed by atoms with Crippen LogP contribution in [-0.2, 0) is 0 Å². The van der Waals surface area contributed by atoms with Gasteiger partial charge in [0, 0.05) is 11.8 Å². The average molecular weight is 241 g/mol. The lowest BCUT2D eigenvalue weighted by Crippen LogP contribution is -2.15. The second-order valence-corrected chi connectivity index (χ2v) is 4.05. The van der Waals surface area contributed by atoms with Crippen LogP contribution < -0.4 is 10.5 Å². The molecule has 2 aromatic rings. The Balaban J connectivity index is 2.46. The highest BCUT2D eigenvalue weighted by Gasteiger charge is 2.13. The van der Waals surface area contributed by atoms with Gasteiger partial charge in [0.05, 0.1) is 11.3 Å². The van der Waals surface area contributed by atoms with E-state index < -0.39 is 0 Å². The lowest BCUT2D eigenvalue weighted by molar-refractivity contribution is 0.479. The molecule has 4 heteroatoms. The predicted octanol–water partition coefficient (Wildman–Crippen LogP) is 2.77. The minimum Gasteiger partial charge on any atom is -0.456 e. The molecule has 3 N–H and O–H groups in total. The number of amidine groups is 1. The Kier molecular flexibility index (Phi) is 3.28. The summed E-state index contributed by atoms with van der Waals surface area (Å²) in [4.78, 5) is 4.30. The van der Waals surface area contributed by atoms with Gasteiger partial charge in [-0.3, -0.25) is 10.4 Å². The van der Waals surface area contributed by atoms with Crippen molar-refractivity contribution in [2.75, 3.05) is 0 Å². The quantitative estimate of drug-likeness (QED) is 0.641. The summed E-state index contributed by atoms with van der Waals surface area (Å²) in [6.07, 6.45) is 0. The minimum absolute atomic E-state index is 0.0362. The van der Waals surface area contributed by atoms with E-state index >= 15 is 0 Å². The van der Waals surface area contributed by atoms with Crippen LogP contribution in [0.25, 0.3) is 0 Å². The molecule has 0 fully saturated rings. The summed E-state index contributed by atoms with van der Waals surface area (Å²) >= 11 is 0. The Morgan fingerprint density at radius 1 is 1.22 bits per heavy atom. The van der Waals surface area contributed by atoms with E-state index in [1.54, 1.807) is 6.07 Å². The number of nitrogens with zero attached hydrogens (tertiary/aromatic N) is 1. The Labute approximate surface area is 106 Å². The summed E-state index contributed by atoms with van der Waals surface area (Å²) in [5.74, 6) is 1.25. The Morgan fingerprint density at radius 2 is 1.89 bits per heavy atom. The monoisotopic (exact) mass is 241 g/mol. The van der Waals surface area contributed by atoms with Crippen LogP contribution in [0.3, 0.4) is 0 Å². The van der Waals surface area contributed by atoms with Crippen LogP contribution in [0.5, 0.6) is 11.5 Å². The van der Waals surface area contributed by atoms with Crippen molar-refractivity contribution < 1.29 is 4.74 Å². The molecule has 92 valence electrons. The fourth-order valence-electron chi connectivity index (χ4n) is 1.82. The highest BCUT2D eigenvalue weighted by atomic mass is 16.5. The summed E-state index contributed by atoms with van der Waals surface area (Å²) in [6.45, 7) is 3.70. The van der Waals surface area contributed by atoms with E-state index in [1.165, 1.54) is 0 Å². The third kappa shape index (κ3) is 2.48. The Morgan fingerprint density at radius 3 is 2.50 bits per heavy atom. The molecule has 18 heavy (non-hydrogen) atoms. The molecule has 0 amide bonds. The summed E-state index contributed by atoms with van der Waals surface area (Å²) in [5, 5.41) is 7.61. The van der Waals surface area contributed by atoms with Crippen LogP contribution in [0, 0.1) is 19.3 Å². The first-order valence-corrected chi connectivity index (χ1v) is 5.63. The molecule has 0 radical (unpaired) electrons. The second kappa shape index (κ2) is 4.87. The number of nitrogens with two attached hydrogens (primary N) is 1. The molecule has 1 aromatic heterocycles. The molecule has 0 aliphatic heterocycles. The standard InChI is InChI=1S/C14H15N3O/c1-9-8-12(13(14(15)16)10(2)17-9)18-11-6-4-3-5-7-11/h3-8H,1-2H3,(H3,15,16). The topological polar surface area (TPSA) is 72.0 Å². The van der Waals surface area contributed by atoms with Gasteiger partial charge >= 0.3 is 0 Å². The molecule has 0 spiro atoms. The first-order valence-electron chi connectivity index (χ1n) is 5.63. The van der Waals surface area contributed by atoms with Crippen molar-refractivity contribution in [2.45, 2.75) is 13.8 Å².